The fourth-order valence-corrected chi connectivity index (χ4v) is 3.80. The highest BCUT2D eigenvalue weighted by atomic mass is 16.2. The quantitative estimate of drug-likeness (QED) is 0.682. The molecule has 4 atom stereocenters. The van der Waals surface area contributed by atoms with E-state index in [2.05, 4.69) is 15.6 Å². The van der Waals surface area contributed by atoms with Gasteiger partial charge in [-0.05, 0) is 43.2 Å². The monoisotopic (exact) mass is 302 g/mol. The second kappa shape index (κ2) is 6.44. The van der Waals surface area contributed by atoms with Gasteiger partial charge in [-0.25, -0.2) is 0 Å². The Morgan fingerprint density at radius 3 is 2.68 bits per heavy atom. The zero-order chi connectivity index (χ0) is 15.5. The van der Waals surface area contributed by atoms with Crippen LogP contribution in [0.5, 0.6) is 0 Å². The highest BCUT2D eigenvalue weighted by Crippen LogP contribution is 2.47. The standard InChI is InChI=1S/C16H22N4O2/c17-14-11-4-3-10(8-11)13(14)16(22)20-7-6-19-15(21)12-2-1-5-18-9-12/h1-2,5,9-11,13-14H,3-4,6-8,17H2,(H,19,21)(H,20,22). The van der Waals surface area contributed by atoms with E-state index in [1.807, 2.05) is 0 Å². The second-order valence-electron chi connectivity index (χ2n) is 6.22. The number of hydrogen-bond donors (Lipinski definition) is 3. The zero-order valence-corrected chi connectivity index (χ0v) is 12.5. The highest BCUT2D eigenvalue weighted by molar-refractivity contribution is 5.93. The van der Waals surface area contributed by atoms with Crippen LogP contribution in [-0.2, 0) is 4.79 Å². The van der Waals surface area contributed by atoms with Crippen LogP contribution in [0.1, 0.15) is 29.6 Å². The molecular weight excluding hydrogens is 280 g/mol. The fourth-order valence-electron chi connectivity index (χ4n) is 3.80. The third kappa shape index (κ3) is 2.97. The average Bonchev–Trinajstić information content (AvgIpc) is 3.13. The van der Waals surface area contributed by atoms with Crippen molar-refractivity contribution in [2.75, 3.05) is 13.1 Å². The number of hydrogen-bond acceptors (Lipinski definition) is 4. The Balaban J connectivity index is 1.40. The Morgan fingerprint density at radius 2 is 2.00 bits per heavy atom. The second-order valence-corrected chi connectivity index (χ2v) is 6.22. The van der Waals surface area contributed by atoms with Crippen molar-refractivity contribution >= 4 is 11.8 Å². The van der Waals surface area contributed by atoms with Crippen LogP contribution >= 0.6 is 0 Å². The van der Waals surface area contributed by atoms with E-state index in [1.165, 1.54) is 6.20 Å². The molecule has 1 aromatic rings. The van der Waals surface area contributed by atoms with E-state index in [-0.39, 0.29) is 23.8 Å². The molecule has 0 spiro atoms. The summed E-state index contributed by atoms with van der Waals surface area (Å²) in [5, 5.41) is 5.66. The third-order valence-corrected chi connectivity index (χ3v) is 4.92. The van der Waals surface area contributed by atoms with Crippen LogP contribution in [0.25, 0.3) is 0 Å². The number of fused-ring (bicyclic) bond motifs is 2. The van der Waals surface area contributed by atoms with Gasteiger partial charge in [0, 0.05) is 31.5 Å². The summed E-state index contributed by atoms with van der Waals surface area (Å²) < 4.78 is 0. The molecule has 2 bridgehead atoms. The summed E-state index contributed by atoms with van der Waals surface area (Å²) in [7, 11) is 0. The van der Waals surface area contributed by atoms with Gasteiger partial charge in [0.2, 0.25) is 5.91 Å². The summed E-state index contributed by atoms with van der Waals surface area (Å²) in [6.07, 6.45) is 6.51. The molecule has 3 rings (SSSR count). The van der Waals surface area contributed by atoms with Crippen molar-refractivity contribution in [1.82, 2.24) is 15.6 Å². The number of carbonyl (C=O) groups excluding carboxylic acids is 2. The lowest BCUT2D eigenvalue weighted by molar-refractivity contribution is -0.127. The molecule has 1 heterocycles. The van der Waals surface area contributed by atoms with Crippen LogP contribution in [0.15, 0.2) is 24.5 Å². The van der Waals surface area contributed by atoms with Gasteiger partial charge in [-0.1, -0.05) is 0 Å². The van der Waals surface area contributed by atoms with Crippen LogP contribution < -0.4 is 16.4 Å². The first-order chi connectivity index (χ1) is 10.7. The van der Waals surface area contributed by atoms with E-state index in [9.17, 15) is 9.59 Å². The van der Waals surface area contributed by atoms with Gasteiger partial charge in [-0.3, -0.25) is 14.6 Å². The van der Waals surface area contributed by atoms with Gasteiger partial charge in [0.1, 0.15) is 0 Å². The maximum atomic E-state index is 12.2. The zero-order valence-electron chi connectivity index (χ0n) is 12.5. The van der Waals surface area contributed by atoms with Gasteiger partial charge in [0.15, 0.2) is 0 Å². The van der Waals surface area contributed by atoms with Crippen LogP contribution in [0.3, 0.4) is 0 Å². The molecule has 0 aliphatic heterocycles. The number of aromatic nitrogens is 1. The molecule has 22 heavy (non-hydrogen) atoms. The van der Waals surface area contributed by atoms with Crippen molar-refractivity contribution in [3.05, 3.63) is 30.1 Å². The minimum Gasteiger partial charge on any atom is -0.354 e. The topological polar surface area (TPSA) is 97.1 Å². The van der Waals surface area contributed by atoms with E-state index in [0.29, 0.717) is 30.5 Å². The maximum Gasteiger partial charge on any atom is 0.252 e. The molecule has 118 valence electrons. The van der Waals surface area contributed by atoms with Gasteiger partial charge >= 0.3 is 0 Å². The Hall–Kier alpha value is -1.95. The van der Waals surface area contributed by atoms with E-state index in [1.54, 1.807) is 18.3 Å². The predicted octanol–water partition coefficient (Wildman–Crippen LogP) is 0.301. The minimum absolute atomic E-state index is 0.00346. The summed E-state index contributed by atoms with van der Waals surface area (Å²) in [6, 6.07) is 3.42. The first-order valence-electron chi connectivity index (χ1n) is 7.88. The molecule has 4 unspecified atom stereocenters. The van der Waals surface area contributed by atoms with E-state index < -0.39 is 0 Å². The Bertz CT molecular complexity index is 546. The Labute approximate surface area is 129 Å². The molecule has 2 fully saturated rings. The first kappa shape index (κ1) is 15.0. The smallest absolute Gasteiger partial charge is 0.252 e. The average molecular weight is 302 g/mol. The van der Waals surface area contributed by atoms with Gasteiger partial charge in [0.05, 0.1) is 11.5 Å². The molecule has 6 nitrogen and oxygen atoms in total. The number of rotatable bonds is 5. The largest absolute Gasteiger partial charge is 0.354 e. The minimum atomic E-state index is -0.182. The van der Waals surface area contributed by atoms with Crippen LogP contribution in [-0.4, -0.2) is 35.9 Å². The number of amides is 2. The molecular formula is C16H22N4O2. The van der Waals surface area contributed by atoms with Crippen LogP contribution in [0.4, 0.5) is 0 Å². The molecule has 2 saturated carbocycles. The van der Waals surface area contributed by atoms with Gasteiger partial charge in [-0.15, -0.1) is 0 Å². The molecule has 2 aliphatic carbocycles. The van der Waals surface area contributed by atoms with E-state index in [4.69, 9.17) is 5.73 Å². The van der Waals surface area contributed by atoms with Crippen molar-refractivity contribution in [3.63, 3.8) is 0 Å². The summed E-state index contributed by atoms with van der Waals surface area (Å²) in [4.78, 5) is 28.0. The summed E-state index contributed by atoms with van der Waals surface area (Å²) >= 11 is 0. The molecule has 4 N–H and O–H groups in total. The number of pyridine rings is 1. The van der Waals surface area contributed by atoms with Crippen LogP contribution in [0, 0.1) is 17.8 Å². The van der Waals surface area contributed by atoms with Crippen LogP contribution in [0.2, 0.25) is 0 Å². The molecule has 1 aromatic heterocycles. The number of nitrogens with one attached hydrogen (secondary N) is 2. The van der Waals surface area contributed by atoms with Gasteiger partial charge in [-0.2, -0.15) is 0 Å². The van der Waals surface area contributed by atoms with E-state index in [0.717, 1.165) is 19.3 Å². The lowest BCUT2D eigenvalue weighted by Crippen LogP contribution is -2.46. The first-order valence-corrected chi connectivity index (χ1v) is 7.88. The summed E-state index contributed by atoms with van der Waals surface area (Å²) in [5.41, 5.74) is 6.67. The molecule has 0 radical (unpaired) electrons. The number of carbonyl (C=O) groups is 2. The lowest BCUT2D eigenvalue weighted by atomic mass is 9.84. The fraction of sp³-hybridized carbons (Fsp3) is 0.562. The Kier molecular flexibility index (Phi) is 4.38. The third-order valence-electron chi connectivity index (χ3n) is 4.92. The highest BCUT2D eigenvalue weighted by Gasteiger charge is 2.48. The molecule has 0 saturated heterocycles. The van der Waals surface area contributed by atoms with Crippen molar-refractivity contribution in [2.24, 2.45) is 23.5 Å². The number of nitrogens with two attached hydrogens (primary N) is 1. The molecule has 2 amide bonds. The Morgan fingerprint density at radius 1 is 1.23 bits per heavy atom. The van der Waals surface area contributed by atoms with Crippen molar-refractivity contribution in [2.45, 2.75) is 25.3 Å². The lowest BCUT2D eigenvalue weighted by Gasteiger charge is -2.27. The molecule has 6 heteroatoms. The molecule has 0 aromatic carbocycles. The van der Waals surface area contributed by atoms with Gasteiger partial charge < -0.3 is 16.4 Å². The maximum absolute atomic E-state index is 12.2. The summed E-state index contributed by atoms with van der Waals surface area (Å²) in [5.74, 6) is 0.776. The van der Waals surface area contributed by atoms with Crippen molar-refractivity contribution < 1.29 is 9.59 Å². The predicted molar refractivity (Wildman–Crippen MR) is 81.9 cm³/mol. The van der Waals surface area contributed by atoms with Crippen molar-refractivity contribution in [3.8, 4) is 0 Å². The molecule has 2 aliphatic rings. The summed E-state index contributed by atoms with van der Waals surface area (Å²) in [6.45, 7) is 0.820. The van der Waals surface area contributed by atoms with Gasteiger partial charge in [0.25, 0.3) is 5.91 Å². The normalized spacial score (nSPS) is 29.3. The number of nitrogens with zero attached hydrogens (tertiary/aromatic N) is 1. The SMILES string of the molecule is NC1C2CCC(C2)C1C(=O)NCCNC(=O)c1cccnc1. The van der Waals surface area contributed by atoms with Crippen molar-refractivity contribution in [1.29, 1.82) is 0 Å². The van der Waals surface area contributed by atoms with E-state index >= 15 is 0 Å².